The summed E-state index contributed by atoms with van der Waals surface area (Å²) >= 11 is 1.58. The van der Waals surface area contributed by atoms with Crippen LogP contribution in [0.3, 0.4) is 0 Å². The Bertz CT molecular complexity index is 66.1. The molecule has 0 spiro atoms. The summed E-state index contributed by atoms with van der Waals surface area (Å²) in [6.45, 7) is 3.88. The van der Waals surface area contributed by atoms with Gasteiger partial charge in [0.25, 0.3) is 0 Å². The van der Waals surface area contributed by atoms with Crippen LogP contribution in [0.2, 0.25) is 0 Å². The molecular formula is C6H14O2S. The van der Waals surface area contributed by atoms with Gasteiger partial charge in [-0.3, -0.25) is 0 Å². The Morgan fingerprint density at radius 3 is 2.33 bits per heavy atom. The van der Waals surface area contributed by atoms with Crippen molar-refractivity contribution in [1.82, 2.24) is 0 Å². The Hall–Kier alpha value is 0.270. The van der Waals surface area contributed by atoms with Crippen molar-refractivity contribution < 1.29 is 10.2 Å². The van der Waals surface area contributed by atoms with Gasteiger partial charge in [-0.1, -0.05) is 6.92 Å². The predicted molar refractivity (Wildman–Crippen MR) is 40.7 cm³/mol. The highest BCUT2D eigenvalue weighted by molar-refractivity contribution is 7.99. The minimum absolute atomic E-state index is 0.192. The summed E-state index contributed by atoms with van der Waals surface area (Å²) in [7, 11) is 0. The predicted octanol–water partition coefficient (Wildman–Crippen LogP) is 0.481. The Morgan fingerprint density at radius 2 is 2.00 bits per heavy atom. The minimum atomic E-state index is -0.260. The molecule has 2 unspecified atom stereocenters. The van der Waals surface area contributed by atoms with Gasteiger partial charge in [0.2, 0.25) is 0 Å². The van der Waals surface area contributed by atoms with Gasteiger partial charge in [-0.25, -0.2) is 0 Å². The molecular weight excluding hydrogens is 136 g/mol. The normalized spacial score (nSPS) is 17.3. The average Bonchev–Trinajstić information content (AvgIpc) is 1.83. The first-order valence-corrected chi connectivity index (χ1v) is 4.12. The monoisotopic (exact) mass is 150 g/mol. The van der Waals surface area contributed by atoms with E-state index in [1.165, 1.54) is 0 Å². The topological polar surface area (TPSA) is 40.5 Å². The van der Waals surface area contributed by atoms with Crippen LogP contribution in [-0.2, 0) is 0 Å². The van der Waals surface area contributed by atoms with Crippen molar-refractivity contribution in [3.63, 3.8) is 0 Å². The first-order chi connectivity index (χ1) is 4.16. The largest absolute Gasteiger partial charge is 0.395 e. The maximum Gasteiger partial charge on any atom is 0.0602 e. The van der Waals surface area contributed by atoms with Crippen LogP contribution in [0.15, 0.2) is 0 Å². The van der Waals surface area contributed by atoms with E-state index in [1.807, 2.05) is 6.92 Å². The summed E-state index contributed by atoms with van der Waals surface area (Å²) in [6, 6.07) is 0. The van der Waals surface area contributed by atoms with Crippen LogP contribution in [0, 0.1) is 0 Å². The molecule has 0 saturated carbocycles. The molecule has 0 aliphatic heterocycles. The van der Waals surface area contributed by atoms with Crippen molar-refractivity contribution >= 4 is 11.8 Å². The van der Waals surface area contributed by atoms with Crippen LogP contribution in [0.25, 0.3) is 0 Å². The Balaban J connectivity index is 3.06. The van der Waals surface area contributed by atoms with Crippen LogP contribution in [0.5, 0.6) is 0 Å². The molecule has 0 radical (unpaired) electrons. The quantitative estimate of drug-likeness (QED) is 0.612. The lowest BCUT2D eigenvalue weighted by atomic mass is 10.5. The SMILES string of the molecule is CC(O)CSC(C)CO. The summed E-state index contributed by atoms with van der Waals surface area (Å²) < 4.78 is 0. The van der Waals surface area contributed by atoms with Crippen LogP contribution in [0.1, 0.15) is 13.8 Å². The Kier molecular flexibility index (Phi) is 5.24. The molecule has 0 saturated heterocycles. The number of hydrogen-bond donors (Lipinski definition) is 2. The lowest BCUT2D eigenvalue weighted by molar-refractivity contribution is 0.220. The molecule has 0 aliphatic rings. The first kappa shape index (κ1) is 9.27. The third-order valence-corrected chi connectivity index (χ3v) is 2.27. The second-order valence-electron chi connectivity index (χ2n) is 2.18. The molecule has 0 heterocycles. The van der Waals surface area contributed by atoms with E-state index in [9.17, 15) is 0 Å². The number of hydrogen-bond acceptors (Lipinski definition) is 3. The zero-order valence-corrected chi connectivity index (χ0v) is 6.69. The zero-order chi connectivity index (χ0) is 7.28. The highest BCUT2D eigenvalue weighted by atomic mass is 32.2. The standard InChI is InChI=1S/C6H14O2S/c1-5(8)4-9-6(2)3-7/h5-8H,3-4H2,1-2H3. The molecule has 0 aliphatic carbocycles. The molecule has 2 nitrogen and oxygen atoms in total. The van der Waals surface area contributed by atoms with Crippen molar-refractivity contribution in [3.05, 3.63) is 0 Å². The number of thioether (sulfide) groups is 1. The molecule has 9 heavy (non-hydrogen) atoms. The van der Waals surface area contributed by atoms with E-state index in [0.717, 1.165) is 0 Å². The van der Waals surface area contributed by atoms with Crippen molar-refractivity contribution in [2.75, 3.05) is 12.4 Å². The van der Waals surface area contributed by atoms with Crippen molar-refractivity contribution in [2.24, 2.45) is 0 Å². The Morgan fingerprint density at radius 1 is 1.44 bits per heavy atom. The Labute approximate surface area is 60.3 Å². The smallest absolute Gasteiger partial charge is 0.0602 e. The van der Waals surface area contributed by atoms with Gasteiger partial charge in [0.1, 0.15) is 0 Å². The second-order valence-corrected chi connectivity index (χ2v) is 3.65. The number of aliphatic hydroxyl groups is 2. The minimum Gasteiger partial charge on any atom is -0.395 e. The van der Waals surface area contributed by atoms with Gasteiger partial charge in [0.05, 0.1) is 12.7 Å². The van der Waals surface area contributed by atoms with Crippen LogP contribution in [0.4, 0.5) is 0 Å². The molecule has 0 aromatic rings. The van der Waals surface area contributed by atoms with Gasteiger partial charge in [0, 0.05) is 11.0 Å². The average molecular weight is 150 g/mol. The number of rotatable bonds is 4. The van der Waals surface area contributed by atoms with Gasteiger partial charge >= 0.3 is 0 Å². The number of aliphatic hydroxyl groups excluding tert-OH is 2. The second kappa shape index (κ2) is 5.09. The molecule has 2 N–H and O–H groups in total. The molecule has 0 aromatic heterocycles. The van der Waals surface area contributed by atoms with E-state index in [2.05, 4.69) is 0 Å². The lowest BCUT2D eigenvalue weighted by Gasteiger charge is -2.07. The highest BCUT2D eigenvalue weighted by Crippen LogP contribution is 2.09. The van der Waals surface area contributed by atoms with Gasteiger partial charge in [-0.15, -0.1) is 0 Å². The first-order valence-electron chi connectivity index (χ1n) is 3.07. The molecule has 0 bridgehead atoms. The maximum absolute atomic E-state index is 8.79. The van der Waals surface area contributed by atoms with E-state index >= 15 is 0 Å². The van der Waals surface area contributed by atoms with E-state index in [-0.39, 0.29) is 18.0 Å². The molecule has 3 heteroatoms. The van der Waals surface area contributed by atoms with Crippen LogP contribution in [-0.4, -0.2) is 33.9 Å². The van der Waals surface area contributed by atoms with E-state index in [1.54, 1.807) is 18.7 Å². The molecule has 0 rings (SSSR count). The molecule has 56 valence electrons. The van der Waals surface area contributed by atoms with Crippen molar-refractivity contribution in [2.45, 2.75) is 25.2 Å². The summed E-state index contributed by atoms with van der Waals surface area (Å²) in [5.74, 6) is 0.710. The molecule has 0 amide bonds. The van der Waals surface area contributed by atoms with Crippen molar-refractivity contribution in [1.29, 1.82) is 0 Å². The third-order valence-electron chi connectivity index (χ3n) is 0.879. The van der Waals surface area contributed by atoms with Gasteiger partial charge in [-0.05, 0) is 6.92 Å². The van der Waals surface area contributed by atoms with Gasteiger partial charge in [-0.2, -0.15) is 11.8 Å². The molecule has 0 fully saturated rings. The fraction of sp³-hybridized carbons (Fsp3) is 1.00. The van der Waals surface area contributed by atoms with Gasteiger partial charge in [0.15, 0.2) is 0 Å². The summed E-state index contributed by atoms with van der Waals surface area (Å²) in [6.07, 6.45) is -0.260. The van der Waals surface area contributed by atoms with E-state index in [0.29, 0.717) is 5.75 Å². The van der Waals surface area contributed by atoms with Crippen molar-refractivity contribution in [3.8, 4) is 0 Å². The van der Waals surface area contributed by atoms with E-state index < -0.39 is 0 Å². The summed E-state index contributed by atoms with van der Waals surface area (Å²) in [4.78, 5) is 0. The third kappa shape index (κ3) is 6.15. The summed E-state index contributed by atoms with van der Waals surface area (Å²) in [5, 5.41) is 17.6. The maximum atomic E-state index is 8.79. The lowest BCUT2D eigenvalue weighted by Crippen LogP contribution is -2.09. The van der Waals surface area contributed by atoms with Gasteiger partial charge < -0.3 is 10.2 Å². The van der Waals surface area contributed by atoms with Crippen LogP contribution < -0.4 is 0 Å². The fourth-order valence-electron chi connectivity index (χ4n) is 0.356. The molecule has 0 aromatic carbocycles. The molecule has 2 atom stereocenters. The summed E-state index contributed by atoms with van der Waals surface area (Å²) in [5.41, 5.74) is 0. The fourth-order valence-corrected chi connectivity index (χ4v) is 1.07. The van der Waals surface area contributed by atoms with Crippen LogP contribution >= 0.6 is 11.8 Å². The highest BCUT2D eigenvalue weighted by Gasteiger charge is 2.01. The van der Waals surface area contributed by atoms with E-state index in [4.69, 9.17) is 10.2 Å². The zero-order valence-electron chi connectivity index (χ0n) is 5.87.